The number of rotatable bonds is 4. The summed E-state index contributed by atoms with van der Waals surface area (Å²) < 4.78 is 0. The first-order chi connectivity index (χ1) is 13.0. The van der Waals surface area contributed by atoms with E-state index in [9.17, 15) is 14.4 Å². The first kappa shape index (κ1) is 20.4. The number of imide groups is 1. The number of aryl methyl sites for hydroxylation is 1. The van der Waals surface area contributed by atoms with Crippen LogP contribution in [0.2, 0.25) is 0 Å². The molecule has 6 nitrogen and oxygen atoms in total. The lowest BCUT2D eigenvalue weighted by Gasteiger charge is -2.43. The van der Waals surface area contributed by atoms with E-state index in [0.717, 1.165) is 22.4 Å². The van der Waals surface area contributed by atoms with Crippen molar-refractivity contribution in [2.75, 3.05) is 13.6 Å². The van der Waals surface area contributed by atoms with Gasteiger partial charge in [0.05, 0.1) is 0 Å². The third-order valence-corrected chi connectivity index (χ3v) is 6.01. The fourth-order valence-electron chi connectivity index (χ4n) is 5.04. The lowest BCUT2D eigenvalue weighted by atomic mass is 9.64. The van der Waals surface area contributed by atoms with Gasteiger partial charge < -0.3 is 10.2 Å². The molecule has 0 bridgehead atoms. The van der Waals surface area contributed by atoms with Crippen molar-refractivity contribution < 1.29 is 14.4 Å². The molecule has 1 aromatic rings. The Morgan fingerprint density at radius 3 is 2.57 bits per heavy atom. The van der Waals surface area contributed by atoms with Crippen molar-refractivity contribution in [3.05, 3.63) is 35.4 Å². The molecule has 28 heavy (non-hydrogen) atoms. The number of nitrogens with one attached hydrogen (secondary N) is 1. The molecule has 3 rings (SSSR count). The number of nitrogens with zero attached hydrogens (tertiary/aromatic N) is 2. The Kier molecular flexibility index (Phi) is 5.26. The van der Waals surface area contributed by atoms with Gasteiger partial charge in [-0.15, -0.1) is 0 Å². The summed E-state index contributed by atoms with van der Waals surface area (Å²) in [5.41, 5.74) is 1.26. The molecule has 1 aliphatic heterocycles. The highest BCUT2D eigenvalue weighted by Gasteiger charge is 2.56. The Balaban J connectivity index is 1.70. The molecule has 1 aromatic carbocycles. The second-order valence-corrected chi connectivity index (χ2v) is 9.43. The van der Waals surface area contributed by atoms with E-state index >= 15 is 0 Å². The molecule has 1 heterocycles. The summed E-state index contributed by atoms with van der Waals surface area (Å²) >= 11 is 0. The SMILES string of the molecule is Cc1ccccc1CN(C)C(=O)CN1C(=O)NC2(CC(C)CC(C)(C)C2)C1=O. The number of urea groups is 1. The zero-order valence-electron chi connectivity index (χ0n) is 17.5. The number of carbonyl (C=O) groups is 3. The van der Waals surface area contributed by atoms with Gasteiger partial charge in [-0.3, -0.25) is 14.5 Å². The van der Waals surface area contributed by atoms with Crippen LogP contribution in [0.25, 0.3) is 0 Å². The van der Waals surface area contributed by atoms with E-state index in [1.807, 2.05) is 31.2 Å². The van der Waals surface area contributed by atoms with Gasteiger partial charge in [0.25, 0.3) is 5.91 Å². The standard InChI is InChI=1S/C22H31N3O3/c1-15-10-21(3,4)14-22(11-15)19(27)25(20(28)23-22)13-18(26)24(5)12-17-9-7-6-8-16(17)2/h6-9,15H,10-14H2,1-5H3,(H,23,28). The van der Waals surface area contributed by atoms with Gasteiger partial charge >= 0.3 is 6.03 Å². The zero-order valence-corrected chi connectivity index (χ0v) is 17.5. The predicted molar refractivity (Wildman–Crippen MR) is 107 cm³/mol. The lowest BCUT2D eigenvalue weighted by Crippen LogP contribution is -2.54. The Morgan fingerprint density at radius 2 is 1.93 bits per heavy atom. The largest absolute Gasteiger partial charge is 0.340 e. The maximum Gasteiger partial charge on any atom is 0.325 e. The van der Waals surface area contributed by atoms with Crippen LogP contribution in [0.15, 0.2) is 24.3 Å². The smallest absolute Gasteiger partial charge is 0.325 e. The first-order valence-electron chi connectivity index (χ1n) is 9.96. The molecule has 0 radical (unpaired) electrons. The van der Waals surface area contributed by atoms with Gasteiger partial charge in [0.1, 0.15) is 12.1 Å². The van der Waals surface area contributed by atoms with Crippen molar-refractivity contribution in [3.8, 4) is 0 Å². The van der Waals surface area contributed by atoms with Gasteiger partial charge in [0.15, 0.2) is 0 Å². The van der Waals surface area contributed by atoms with Crippen LogP contribution in [0.3, 0.4) is 0 Å². The Morgan fingerprint density at radius 1 is 1.25 bits per heavy atom. The molecule has 2 fully saturated rings. The van der Waals surface area contributed by atoms with Crippen molar-refractivity contribution in [2.45, 2.75) is 59.0 Å². The van der Waals surface area contributed by atoms with Crippen LogP contribution in [-0.4, -0.2) is 46.8 Å². The van der Waals surface area contributed by atoms with E-state index < -0.39 is 11.6 Å². The molecular weight excluding hydrogens is 354 g/mol. The molecule has 1 saturated carbocycles. The van der Waals surface area contributed by atoms with Gasteiger partial charge in [-0.05, 0) is 48.6 Å². The van der Waals surface area contributed by atoms with Crippen molar-refractivity contribution in [2.24, 2.45) is 11.3 Å². The number of hydrogen-bond donors (Lipinski definition) is 1. The average molecular weight is 386 g/mol. The normalized spacial score (nSPS) is 26.5. The molecule has 0 aromatic heterocycles. The van der Waals surface area contributed by atoms with Crippen molar-refractivity contribution in [3.63, 3.8) is 0 Å². The molecule has 152 valence electrons. The van der Waals surface area contributed by atoms with Gasteiger partial charge in [-0.1, -0.05) is 45.0 Å². The highest BCUT2D eigenvalue weighted by molar-refractivity contribution is 6.09. The maximum absolute atomic E-state index is 13.2. The van der Waals surface area contributed by atoms with E-state index in [-0.39, 0.29) is 23.8 Å². The molecule has 1 N–H and O–H groups in total. The monoisotopic (exact) mass is 385 g/mol. The molecule has 6 heteroatoms. The van der Waals surface area contributed by atoms with Gasteiger partial charge in [-0.25, -0.2) is 4.79 Å². The summed E-state index contributed by atoms with van der Waals surface area (Å²) in [6.07, 6.45) is 2.26. The maximum atomic E-state index is 13.2. The van der Waals surface area contributed by atoms with Gasteiger partial charge in [0, 0.05) is 13.6 Å². The molecule has 2 unspecified atom stereocenters. The average Bonchev–Trinajstić information content (AvgIpc) is 2.78. The highest BCUT2D eigenvalue weighted by Crippen LogP contribution is 2.46. The van der Waals surface area contributed by atoms with Gasteiger partial charge in [-0.2, -0.15) is 0 Å². The van der Waals surface area contributed by atoms with Crippen molar-refractivity contribution in [1.29, 1.82) is 0 Å². The van der Waals surface area contributed by atoms with Crippen LogP contribution in [0.1, 0.15) is 51.2 Å². The van der Waals surface area contributed by atoms with Crippen LogP contribution < -0.4 is 5.32 Å². The Hall–Kier alpha value is -2.37. The number of likely N-dealkylation sites (N-methyl/N-ethyl adjacent to an activating group) is 1. The van der Waals surface area contributed by atoms with Crippen LogP contribution in [0.5, 0.6) is 0 Å². The molecule has 1 aliphatic carbocycles. The van der Waals surface area contributed by atoms with E-state index in [1.165, 1.54) is 0 Å². The van der Waals surface area contributed by atoms with Crippen LogP contribution in [0, 0.1) is 18.3 Å². The molecular formula is C22H31N3O3. The first-order valence-corrected chi connectivity index (χ1v) is 9.96. The minimum atomic E-state index is -0.868. The second kappa shape index (κ2) is 7.22. The lowest BCUT2D eigenvalue weighted by molar-refractivity contribution is -0.140. The minimum absolute atomic E-state index is 0.0255. The Bertz CT molecular complexity index is 804. The summed E-state index contributed by atoms with van der Waals surface area (Å²) in [7, 11) is 1.70. The van der Waals surface area contributed by atoms with Crippen molar-refractivity contribution in [1.82, 2.24) is 15.1 Å². The van der Waals surface area contributed by atoms with E-state index in [0.29, 0.717) is 25.3 Å². The molecule has 4 amide bonds. The van der Waals surface area contributed by atoms with Crippen molar-refractivity contribution >= 4 is 17.8 Å². The summed E-state index contributed by atoms with van der Waals surface area (Å²) in [5, 5.41) is 2.92. The predicted octanol–water partition coefficient (Wildman–Crippen LogP) is 3.09. The van der Waals surface area contributed by atoms with E-state index in [2.05, 4.69) is 26.1 Å². The zero-order chi connectivity index (χ0) is 20.7. The van der Waals surface area contributed by atoms with E-state index in [1.54, 1.807) is 11.9 Å². The third kappa shape index (κ3) is 3.91. The highest BCUT2D eigenvalue weighted by atomic mass is 16.2. The van der Waals surface area contributed by atoms with Gasteiger partial charge in [0.2, 0.25) is 5.91 Å². The number of hydrogen-bond acceptors (Lipinski definition) is 3. The Labute approximate surface area is 167 Å². The fraction of sp³-hybridized carbons (Fsp3) is 0.591. The van der Waals surface area contributed by atoms with Crippen LogP contribution in [0.4, 0.5) is 4.79 Å². The molecule has 1 saturated heterocycles. The quantitative estimate of drug-likeness (QED) is 0.810. The summed E-state index contributed by atoms with van der Waals surface area (Å²) in [6, 6.07) is 7.43. The topological polar surface area (TPSA) is 69.7 Å². The summed E-state index contributed by atoms with van der Waals surface area (Å²) in [5.74, 6) is -0.158. The number of amides is 4. The fourth-order valence-corrected chi connectivity index (χ4v) is 5.04. The third-order valence-electron chi connectivity index (χ3n) is 6.01. The van der Waals surface area contributed by atoms with E-state index in [4.69, 9.17) is 0 Å². The molecule has 1 spiro atoms. The number of carbonyl (C=O) groups excluding carboxylic acids is 3. The van der Waals surface area contributed by atoms with Crippen LogP contribution in [-0.2, 0) is 16.1 Å². The summed E-state index contributed by atoms with van der Waals surface area (Å²) in [6.45, 7) is 8.61. The molecule has 2 aliphatic rings. The summed E-state index contributed by atoms with van der Waals surface area (Å²) in [4.78, 5) is 41.1. The number of benzene rings is 1. The minimum Gasteiger partial charge on any atom is -0.340 e. The second-order valence-electron chi connectivity index (χ2n) is 9.43. The van der Waals surface area contributed by atoms with Crippen LogP contribution >= 0.6 is 0 Å². The molecule has 2 atom stereocenters.